The van der Waals surface area contributed by atoms with Gasteiger partial charge in [0.2, 0.25) is 0 Å². The first-order valence-electron chi connectivity index (χ1n) is 9.82. The highest BCUT2D eigenvalue weighted by atomic mass is 16.6. The van der Waals surface area contributed by atoms with Crippen LogP contribution in [-0.2, 0) is 28.6 Å². The van der Waals surface area contributed by atoms with Gasteiger partial charge in [0.25, 0.3) is 0 Å². The van der Waals surface area contributed by atoms with E-state index in [2.05, 4.69) is 13.8 Å². The molecular formula is C21H32O6. The standard InChI is InChI=1S/C21H32O6/c1-9-17(3,4)15(23)25-10-13(22)26-21(8)19(6)11-18(5)14(12(19)2)20(21,7)27-16(18)24/h12,14H,9-11H2,1-8H3. The molecule has 152 valence electrons. The van der Waals surface area contributed by atoms with Crippen LogP contribution in [0.4, 0.5) is 0 Å². The zero-order valence-corrected chi connectivity index (χ0v) is 17.7. The van der Waals surface area contributed by atoms with Crippen molar-refractivity contribution in [2.24, 2.45) is 28.1 Å². The fraction of sp³-hybridized carbons (Fsp3) is 0.857. The smallest absolute Gasteiger partial charge is 0.344 e. The average Bonchev–Trinajstić information content (AvgIpc) is 2.94. The van der Waals surface area contributed by atoms with E-state index >= 15 is 0 Å². The molecule has 6 nitrogen and oxygen atoms in total. The maximum Gasteiger partial charge on any atom is 0.344 e. The maximum atomic E-state index is 12.6. The van der Waals surface area contributed by atoms with Crippen molar-refractivity contribution in [2.45, 2.75) is 79.4 Å². The molecule has 2 aliphatic carbocycles. The molecule has 3 fully saturated rings. The van der Waals surface area contributed by atoms with Gasteiger partial charge in [0.05, 0.1) is 10.8 Å². The molecule has 3 rings (SSSR count). The molecule has 0 aromatic carbocycles. The molecule has 1 saturated heterocycles. The Labute approximate surface area is 161 Å². The third kappa shape index (κ3) is 2.21. The summed E-state index contributed by atoms with van der Waals surface area (Å²) in [7, 11) is 0. The Morgan fingerprint density at radius 3 is 2.37 bits per heavy atom. The lowest BCUT2D eigenvalue weighted by Gasteiger charge is -2.49. The molecule has 0 amide bonds. The number of carbonyl (C=O) groups excluding carboxylic acids is 3. The maximum absolute atomic E-state index is 12.6. The van der Waals surface area contributed by atoms with Gasteiger partial charge in [0.1, 0.15) is 0 Å². The highest BCUT2D eigenvalue weighted by molar-refractivity contribution is 5.83. The van der Waals surface area contributed by atoms with Gasteiger partial charge >= 0.3 is 17.9 Å². The van der Waals surface area contributed by atoms with Gasteiger partial charge in [0, 0.05) is 11.3 Å². The predicted molar refractivity (Wildman–Crippen MR) is 97.5 cm³/mol. The molecule has 2 saturated carbocycles. The predicted octanol–water partition coefficient (Wildman–Crippen LogP) is 3.27. The highest BCUT2D eigenvalue weighted by Gasteiger charge is 2.86. The second-order valence-corrected chi connectivity index (χ2v) is 10.1. The largest absolute Gasteiger partial charge is 0.454 e. The fourth-order valence-corrected chi connectivity index (χ4v) is 6.11. The van der Waals surface area contributed by atoms with Crippen LogP contribution in [0.5, 0.6) is 0 Å². The van der Waals surface area contributed by atoms with Gasteiger partial charge in [-0.3, -0.25) is 9.59 Å². The summed E-state index contributed by atoms with van der Waals surface area (Å²) in [5, 5.41) is 0. The zero-order valence-electron chi connectivity index (χ0n) is 17.7. The second kappa shape index (κ2) is 5.48. The summed E-state index contributed by atoms with van der Waals surface area (Å²) in [6.07, 6.45) is 1.23. The molecule has 1 aliphatic heterocycles. The molecule has 0 spiro atoms. The number of rotatable bonds is 5. The minimum absolute atomic E-state index is 0.0122. The van der Waals surface area contributed by atoms with Crippen molar-refractivity contribution in [2.75, 3.05) is 6.61 Å². The fourth-order valence-electron chi connectivity index (χ4n) is 6.11. The Bertz CT molecular complexity index is 713. The topological polar surface area (TPSA) is 78.9 Å². The van der Waals surface area contributed by atoms with Crippen LogP contribution < -0.4 is 0 Å². The SMILES string of the molecule is CCC(C)(C)C(=O)OCC(=O)OC1(C)C2(C)CC3(C)C(=O)OC1(C)C3C2C. The van der Waals surface area contributed by atoms with E-state index in [0.29, 0.717) is 12.8 Å². The summed E-state index contributed by atoms with van der Waals surface area (Å²) >= 11 is 0. The molecule has 27 heavy (non-hydrogen) atoms. The van der Waals surface area contributed by atoms with E-state index in [1.54, 1.807) is 13.8 Å². The number of ether oxygens (including phenoxy) is 3. The average molecular weight is 380 g/mol. The molecule has 0 N–H and O–H groups in total. The minimum atomic E-state index is -0.973. The Hall–Kier alpha value is -1.59. The van der Waals surface area contributed by atoms with Gasteiger partial charge in [-0.1, -0.05) is 20.8 Å². The third-order valence-corrected chi connectivity index (χ3v) is 8.40. The third-order valence-electron chi connectivity index (χ3n) is 8.40. The number of carbonyl (C=O) groups is 3. The monoisotopic (exact) mass is 380 g/mol. The molecule has 6 heteroatoms. The van der Waals surface area contributed by atoms with Crippen LogP contribution in [0.2, 0.25) is 0 Å². The molecule has 0 aromatic rings. The van der Waals surface area contributed by atoms with E-state index < -0.39 is 46.0 Å². The molecule has 1 heterocycles. The van der Waals surface area contributed by atoms with Gasteiger partial charge < -0.3 is 14.2 Å². The summed E-state index contributed by atoms with van der Waals surface area (Å²) in [5.41, 5.74) is -3.43. The lowest BCUT2D eigenvalue weighted by molar-refractivity contribution is -0.217. The number of hydrogen-bond acceptors (Lipinski definition) is 6. The van der Waals surface area contributed by atoms with Crippen LogP contribution in [-0.4, -0.2) is 35.7 Å². The van der Waals surface area contributed by atoms with Gasteiger partial charge in [-0.2, -0.15) is 0 Å². The summed E-state index contributed by atoms with van der Waals surface area (Å²) in [4.78, 5) is 37.3. The lowest BCUT2D eigenvalue weighted by atomic mass is 9.60. The van der Waals surface area contributed by atoms with Crippen LogP contribution >= 0.6 is 0 Å². The van der Waals surface area contributed by atoms with Crippen molar-refractivity contribution in [1.29, 1.82) is 0 Å². The van der Waals surface area contributed by atoms with Crippen molar-refractivity contribution in [3.05, 3.63) is 0 Å². The molecule has 0 aromatic heterocycles. The van der Waals surface area contributed by atoms with Gasteiger partial charge in [0.15, 0.2) is 17.8 Å². The quantitative estimate of drug-likeness (QED) is 0.538. The molecule has 2 bridgehead atoms. The first kappa shape index (κ1) is 20.2. The zero-order chi connectivity index (χ0) is 20.6. The Morgan fingerprint density at radius 1 is 1.22 bits per heavy atom. The van der Waals surface area contributed by atoms with E-state index in [1.165, 1.54) is 0 Å². The summed E-state index contributed by atoms with van der Waals surface area (Å²) in [6, 6.07) is 0. The van der Waals surface area contributed by atoms with Crippen LogP contribution in [0.3, 0.4) is 0 Å². The first-order valence-corrected chi connectivity index (χ1v) is 9.82. The normalized spacial score (nSPS) is 45.0. The highest BCUT2D eigenvalue weighted by Crippen LogP contribution is 2.78. The van der Waals surface area contributed by atoms with Crippen molar-refractivity contribution < 1.29 is 28.6 Å². The molecule has 6 unspecified atom stereocenters. The van der Waals surface area contributed by atoms with Gasteiger partial charge in [-0.25, -0.2) is 4.79 Å². The number of hydrogen-bond donors (Lipinski definition) is 0. The van der Waals surface area contributed by atoms with Crippen molar-refractivity contribution in [3.8, 4) is 0 Å². The summed E-state index contributed by atoms with van der Waals surface area (Å²) in [5.74, 6) is -1.09. The number of esters is 3. The van der Waals surface area contributed by atoms with E-state index in [4.69, 9.17) is 14.2 Å². The molecule has 0 radical (unpaired) electrons. The van der Waals surface area contributed by atoms with E-state index in [0.717, 1.165) is 0 Å². The van der Waals surface area contributed by atoms with Crippen LogP contribution in [0.1, 0.15) is 68.2 Å². The Morgan fingerprint density at radius 2 is 1.81 bits per heavy atom. The van der Waals surface area contributed by atoms with Crippen LogP contribution in [0, 0.1) is 28.1 Å². The van der Waals surface area contributed by atoms with Crippen LogP contribution in [0.15, 0.2) is 0 Å². The number of fused-ring (bicyclic) bond motifs is 1. The first-order chi connectivity index (χ1) is 12.2. The van der Waals surface area contributed by atoms with Crippen molar-refractivity contribution in [3.63, 3.8) is 0 Å². The van der Waals surface area contributed by atoms with E-state index in [-0.39, 0.29) is 17.8 Å². The van der Waals surface area contributed by atoms with Crippen LogP contribution in [0.25, 0.3) is 0 Å². The Balaban J connectivity index is 1.80. The lowest BCUT2D eigenvalue weighted by Crippen LogP contribution is -2.61. The van der Waals surface area contributed by atoms with Crippen molar-refractivity contribution >= 4 is 17.9 Å². The second-order valence-electron chi connectivity index (χ2n) is 10.1. The van der Waals surface area contributed by atoms with E-state index in [9.17, 15) is 14.4 Å². The van der Waals surface area contributed by atoms with Crippen molar-refractivity contribution in [1.82, 2.24) is 0 Å². The summed E-state index contributed by atoms with van der Waals surface area (Å²) < 4.78 is 17.0. The minimum Gasteiger partial charge on any atom is -0.454 e. The van der Waals surface area contributed by atoms with Gasteiger partial charge in [-0.05, 0) is 53.4 Å². The Kier molecular flexibility index (Phi) is 4.09. The van der Waals surface area contributed by atoms with Gasteiger partial charge in [-0.15, -0.1) is 0 Å². The molecule has 6 atom stereocenters. The summed E-state index contributed by atoms with van der Waals surface area (Å²) in [6.45, 7) is 14.9. The molecular weight excluding hydrogens is 348 g/mol. The van der Waals surface area contributed by atoms with E-state index in [1.807, 2.05) is 27.7 Å². The molecule has 3 aliphatic rings.